The lowest BCUT2D eigenvalue weighted by molar-refractivity contribution is -0.120. The Morgan fingerprint density at radius 2 is 1.89 bits per heavy atom. The summed E-state index contributed by atoms with van der Waals surface area (Å²) in [7, 11) is 0. The highest BCUT2D eigenvalue weighted by Crippen LogP contribution is 2.43. The molecule has 0 spiro atoms. The Balaban J connectivity index is 1.77. The number of hydrogen-bond acceptors (Lipinski definition) is 1. The van der Waals surface area contributed by atoms with E-state index in [9.17, 15) is 4.79 Å². The van der Waals surface area contributed by atoms with Crippen molar-refractivity contribution in [3.63, 3.8) is 0 Å². The lowest BCUT2D eigenvalue weighted by atomic mass is 9.92. The average Bonchev–Trinajstić information content (AvgIpc) is 2.96. The van der Waals surface area contributed by atoms with Crippen LogP contribution in [0.2, 0.25) is 0 Å². The summed E-state index contributed by atoms with van der Waals surface area (Å²) in [6.45, 7) is 4.09. The molecular weight excluding hydrogens is 222 g/mol. The van der Waals surface area contributed by atoms with Crippen LogP contribution in [0.25, 0.3) is 0 Å². The first-order chi connectivity index (χ1) is 8.65. The van der Waals surface area contributed by atoms with Crippen LogP contribution in [0.4, 0.5) is 5.69 Å². The molecule has 3 rings (SSSR count). The maximum Gasteiger partial charge on any atom is 0.228 e. The molecule has 2 aliphatic rings. The fourth-order valence-corrected chi connectivity index (χ4v) is 3.31. The first kappa shape index (κ1) is 11.5. The van der Waals surface area contributed by atoms with Crippen LogP contribution in [0.5, 0.6) is 0 Å². The Morgan fingerprint density at radius 3 is 2.44 bits per heavy atom. The number of allylic oxidation sites excluding steroid dienone is 2. The fourth-order valence-electron chi connectivity index (χ4n) is 3.31. The van der Waals surface area contributed by atoms with Crippen LogP contribution < -0.4 is 5.32 Å². The molecule has 18 heavy (non-hydrogen) atoms. The minimum Gasteiger partial charge on any atom is -0.325 e. The van der Waals surface area contributed by atoms with Crippen molar-refractivity contribution in [2.75, 3.05) is 5.32 Å². The molecule has 3 atom stereocenters. The lowest BCUT2D eigenvalue weighted by Crippen LogP contribution is -2.26. The van der Waals surface area contributed by atoms with Crippen LogP contribution in [0.15, 0.2) is 30.4 Å². The molecule has 2 bridgehead atoms. The zero-order chi connectivity index (χ0) is 12.7. The van der Waals surface area contributed by atoms with Crippen molar-refractivity contribution in [2.45, 2.75) is 26.7 Å². The van der Waals surface area contributed by atoms with Crippen molar-refractivity contribution in [2.24, 2.45) is 17.8 Å². The maximum absolute atomic E-state index is 12.4. The zero-order valence-electron chi connectivity index (χ0n) is 10.9. The van der Waals surface area contributed by atoms with Crippen molar-refractivity contribution in [3.05, 3.63) is 41.5 Å². The molecule has 0 heterocycles. The summed E-state index contributed by atoms with van der Waals surface area (Å²) in [5, 5.41) is 3.13. The van der Waals surface area contributed by atoms with Crippen LogP contribution in [0.1, 0.15) is 24.0 Å². The van der Waals surface area contributed by atoms with E-state index in [1.165, 1.54) is 6.42 Å². The average molecular weight is 241 g/mol. The molecule has 1 fully saturated rings. The van der Waals surface area contributed by atoms with Crippen LogP contribution >= 0.6 is 0 Å². The lowest BCUT2D eigenvalue weighted by Gasteiger charge is -2.19. The summed E-state index contributed by atoms with van der Waals surface area (Å²) in [5.41, 5.74) is 3.28. The quantitative estimate of drug-likeness (QED) is 0.789. The van der Waals surface area contributed by atoms with E-state index >= 15 is 0 Å². The van der Waals surface area contributed by atoms with Gasteiger partial charge in [-0.25, -0.2) is 0 Å². The van der Waals surface area contributed by atoms with Gasteiger partial charge in [0.25, 0.3) is 0 Å². The predicted octanol–water partition coefficient (Wildman–Crippen LogP) is 3.45. The molecule has 0 radical (unpaired) electrons. The SMILES string of the molecule is Cc1cccc(C)c1NC(=O)[C@H]1C[C@H]2C=C[C@H]1C2. The van der Waals surface area contributed by atoms with Gasteiger partial charge in [0, 0.05) is 11.6 Å². The minimum absolute atomic E-state index is 0.180. The molecule has 0 aliphatic heterocycles. The fraction of sp³-hybridized carbons (Fsp3) is 0.438. The number of benzene rings is 1. The number of fused-ring (bicyclic) bond motifs is 2. The summed E-state index contributed by atoms with van der Waals surface area (Å²) < 4.78 is 0. The van der Waals surface area contributed by atoms with Gasteiger partial charge in [-0.1, -0.05) is 30.4 Å². The number of carbonyl (C=O) groups is 1. The van der Waals surface area contributed by atoms with Gasteiger partial charge in [0.2, 0.25) is 5.91 Å². The topological polar surface area (TPSA) is 29.1 Å². The number of amides is 1. The molecule has 94 valence electrons. The minimum atomic E-state index is 0.180. The van der Waals surface area contributed by atoms with Crippen LogP contribution in [-0.2, 0) is 4.79 Å². The maximum atomic E-state index is 12.4. The Bertz CT molecular complexity index is 498. The van der Waals surface area contributed by atoms with Crippen LogP contribution in [0, 0.1) is 31.6 Å². The van der Waals surface area contributed by atoms with Crippen molar-refractivity contribution in [3.8, 4) is 0 Å². The zero-order valence-corrected chi connectivity index (χ0v) is 10.9. The van der Waals surface area contributed by atoms with E-state index in [0.29, 0.717) is 11.8 Å². The summed E-state index contributed by atoms with van der Waals surface area (Å²) >= 11 is 0. The first-order valence-electron chi connectivity index (χ1n) is 6.70. The van der Waals surface area contributed by atoms with Gasteiger partial charge in [0.05, 0.1) is 0 Å². The van der Waals surface area contributed by atoms with E-state index in [1.54, 1.807) is 0 Å². The largest absolute Gasteiger partial charge is 0.325 e. The van der Waals surface area contributed by atoms with Crippen molar-refractivity contribution in [1.82, 2.24) is 0 Å². The predicted molar refractivity (Wildman–Crippen MR) is 73.4 cm³/mol. The van der Waals surface area contributed by atoms with Crippen molar-refractivity contribution in [1.29, 1.82) is 0 Å². The Hall–Kier alpha value is -1.57. The van der Waals surface area contributed by atoms with Crippen LogP contribution in [0.3, 0.4) is 0 Å². The second kappa shape index (κ2) is 4.27. The summed E-state index contributed by atoms with van der Waals surface area (Å²) in [6, 6.07) is 6.12. The second-order valence-electron chi connectivity index (χ2n) is 5.64. The van der Waals surface area contributed by atoms with E-state index in [1.807, 2.05) is 32.0 Å². The second-order valence-corrected chi connectivity index (χ2v) is 5.64. The highest BCUT2D eigenvalue weighted by Gasteiger charge is 2.39. The van der Waals surface area contributed by atoms with Gasteiger partial charge in [0.15, 0.2) is 0 Å². The number of hydrogen-bond donors (Lipinski definition) is 1. The molecule has 0 aromatic heterocycles. The molecule has 1 aromatic carbocycles. The van der Waals surface area contributed by atoms with Gasteiger partial charge in [-0.05, 0) is 49.7 Å². The third kappa shape index (κ3) is 1.86. The van der Waals surface area contributed by atoms with E-state index < -0.39 is 0 Å². The van der Waals surface area contributed by atoms with E-state index in [2.05, 4.69) is 17.5 Å². The molecule has 0 unspecified atom stereocenters. The molecule has 2 aliphatic carbocycles. The van der Waals surface area contributed by atoms with E-state index in [4.69, 9.17) is 0 Å². The normalized spacial score (nSPS) is 28.7. The highest BCUT2D eigenvalue weighted by molar-refractivity contribution is 5.94. The van der Waals surface area contributed by atoms with E-state index in [0.717, 1.165) is 23.2 Å². The summed E-state index contributed by atoms with van der Waals surface area (Å²) in [6.07, 6.45) is 6.69. The van der Waals surface area contributed by atoms with E-state index in [-0.39, 0.29) is 11.8 Å². The standard InChI is InChI=1S/C16H19NO/c1-10-4-3-5-11(2)15(10)17-16(18)14-9-12-6-7-13(14)8-12/h3-7,12-14H,8-9H2,1-2H3,(H,17,18)/t12-,13-,14-/m0/s1. The monoisotopic (exact) mass is 241 g/mol. The van der Waals surface area contributed by atoms with Gasteiger partial charge in [-0.15, -0.1) is 0 Å². The van der Waals surface area contributed by atoms with Gasteiger partial charge in [-0.2, -0.15) is 0 Å². The first-order valence-corrected chi connectivity index (χ1v) is 6.70. The van der Waals surface area contributed by atoms with Crippen LogP contribution in [-0.4, -0.2) is 5.91 Å². The highest BCUT2D eigenvalue weighted by atomic mass is 16.1. The third-order valence-electron chi connectivity index (χ3n) is 4.34. The molecule has 1 aromatic rings. The Kier molecular flexibility index (Phi) is 2.73. The number of nitrogens with one attached hydrogen (secondary N) is 1. The van der Waals surface area contributed by atoms with Crippen molar-refractivity contribution < 1.29 is 4.79 Å². The third-order valence-corrected chi connectivity index (χ3v) is 4.34. The number of aryl methyl sites for hydroxylation is 2. The van der Waals surface area contributed by atoms with Gasteiger partial charge < -0.3 is 5.32 Å². The molecule has 0 saturated heterocycles. The van der Waals surface area contributed by atoms with Gasteiger partial charge in [-0.3, -0.25) is 4.79 Å². The number of rotatable bonds is 2. The summed E-state index contributed by atoms with van der Waals surface area (Å²) in [4.78, 5) is 12.4. The van der Waals surface area contributed by atoms with Gasteiger partial charge >= 0.3 is 0 Å². The van der Waals surface area contributed by atoms with Gasteiger partial charge in [0.1, 0.15) is 0 Å². The Labute approximate surface area is 108 Å². The molecule has 2 heteroatoms. The molecular formula is C16H19NO. The number of anilines is 1. The molecule has 1 amide bonds. The molecule has 2 nitrogen and oxygen atoms in total. The summed E-state index contributed by atoms with van der Waals surface area (Å²) in [5.74, 6) is 1.49. The van der Waals surface area contributed by atoms with Crippen molar-refractivity contribution >= 4 is 11.6 Å². The Morgan fingerprint density at radius 1 is 1.17 bits per heavy atom. The smallest absolute Gasteiger partial charge is 0.228 e. The molecule has 1 saturated carbocycles. The number of carbonyl (C=O) groups excluding carboxylic acids is 1. The molecule has 1 N–H and O–H groups in total. The number of para-hydroxylation sites is 1.